The Balaban J connectivity index is 1.48. The Hall–Kier alpha value is -3.91. The van der Waals surface area contributed by atoms with E-state index in [1.807, 2.05) is 24.3 Å². The molecule has 4 aromatic heterocycles. The number of rotatable bonds is 5. The van der Waals surface area contributed by atoms with Crippen LogP contribution in [0.3, 0.4) is 0 Å². The molecule has 5 heterocycles. The first-order chi connectivity index (χ1) is 16.6. The van der Waals surface area contributed by atoms with E-state index in [-0.39, 0.29) is 5.82 Å². The number of fused-ring (bicyclic) bond motifs is 2. The molecule has 5 N–H and O–H groups in total. The van der Waals surface area contributed by atoms with Gasteiger partial charge in [0.1, 0.15) is 29.5 Å². The standard InChI is InChI=1S/C21H20N8O5/c1-22-17-14-19(29(8-23-14)21-16(32)15(31)12(7-30)34-21)27-18(26-17)13-9(6-24-28-13)20-25-10-4-2-3-5-11(10)33-20/h2-6,8,12,15-16,21,30-32H,7H2,1H3,(H,24,28)(H,22,26,27)/t12-,15-,16-,21-/m1/s1. The maximum Gasteiger partial charge on any atom is 0.231 e. The number of nitrogens with one attached hydrogen (secondary N) is 2. The van der Waals surface area contributed by atoms with Crippen LogP contribution in [0.25, 0.3) is 45.2 Å². The van der Waals surface area contributed by atoms with Gasteiger partial charge >= 0.3 is 0 Å². The van der Waals surface area contributed by atoms with Crippen molar-refractivity contribution in [3.8, 4) is 23.0 Å². The quantitative estimate of drug-likeness (QED) is 0.247. The second-order valence-electron chi connectivity index (χ2n) is 7.84. The van der Waals surface area contributed by atoms with Gasteiger partial charge < -0.3 is 29.8 Å². The van der Waals surface area contributed by atoms with Gasteiger partial charge in [-0.05, 0) is 12.1 Å². The highest BCUT2D eigenvalue weighted by molar-refractivity contribution is 5.87. The Morgan fingerprint density at radius 1 is 1.15 bits per heavy atom. The number of H-pyrrole nitrogens is 1. The molecule has 13 nitrogen and oxygen atoms in total. The predicted octanol–water partition coefficient (Wildman–Crippen LogP) is 0.678. The normalized spacial score (nSPS) is 22.7. The van der Waals surface area contributed by atoms with Crippen LogP contribution in [0.15, 0.2) is 41.2 Å². The van der Waals surface area contributed by atoms with E-state index in [1.165, 1.54) is 10.9 Å². The molecule has 1 aromatic carbocycles. The monoisotopic (exact) mass is 464 g/mol. The van der Waals surface area contributed by atoms with Crippen molar-refractivity contribution in [1.29, 1.82) is 0 Å². The second kappa shape index (κ2) is 7.85. The third-order valence-corrected chi connectivity index (χ3v) is 5.84. The summed E-state index contributed by atoms with van der Waals surface area (Å²) in [5.74, 6) is 1.07. The second-order valence-corrected chi connectivity index (χ2v) is 7.84. The lowest BCUT2D eigenvalue weighted by Gasteiger charge is -2.17. The highest BCUT2D eigenvalue weighted by Crippen LogP contribution is 2.35. The smallest absolute Gasteiger partial charge is 0.231 e. The number of oxazole rings is 1. The predicted molar refractivity (Wildman–Crippen MR) is 118 cm³/mol. The summed E-state index contributed by atoms with van der Waals surface area (Å²) in [7, 11) is 1.70. The van der Waals surface area contributed by atoms with E-state index >= 15 is 0 Å². The summed E-state index contributed by atoms with van der Waals surface area (Å²) in [6.45, 7) is -0.439. The zero-order valence-electron chi connectivity index (χ0n) is 17.8. The lowest BCUT2D eigenvalue weighted by molar-refractivity contribution is -0.0511. The third-order valence-electron chi connectivity index (χ3n) is 5.84. The Morgan fingerprint density at radius 3 is 2.76 bits per heavy atom. The van der Waals surface area contributed by atoms with E-state index < -0.39 is 31.1 Å². The number of ether oxygens (including phenoxy) is 1. The summed E-state index contributed by atoms with van der Waals surface area (Å²) in [4.78, 5) is 18.1. The van der Waals surface area contributed by atoms with Crippen LogP contribution in [0.4, 0.5) is 5.82 Å². The van der Waals surface area contributed by atoms with Crippen molar-refractivity contribution in [3.63, 3.8) is 0 Å². The number of anilines is 1. The summed E-state index contributed by atoms with van der Waals surface area (Å²) >= 11 is 0. The van der Waals surface area contributed by atoms with Crippen molar-refractivity contribution >= 4 is 28.1 Å². The molecule has 34 heavy (non-hydrogen) atoms. The average molecular weight is 464 g/mol. The van der Waals surface area contributed by atoms with Gasteiger partial charge in [-0.2, -0.15) is 5.10 Å². The zero-order valence-corrected chi connectivity index (χ0v) is 17.8. The Labute approximate surface area is 191 Å². The fraction of sp³-hybridized carbons (Fsp3) is 0.286. The van der Waals surface area contributed by atoms with E-state index in [2.05, 4.69) is 35.5 Å². The van der Waals surface area contributed by atoms with Gasteiger partial charge in [0, 0.05) is 7.05 Å². The van der Waals surface area contributed by atoms with Crippen LogP contribution in [0.5, 0.6) is 0 Å². The SMILES string of the molecule is CNc1nc(-c2[nH]ncc2-c2nc3ccccc3o2)nc2c1ncn2[C@@H]1O[C@H](CO)[C@@H](O)[C@H]1O. The van der Waals surface area contributed by atoms with Gasteiger partial charge in [0.2, 0.25) is 5.89 Å². The van der Waals surface area contributed by atoms with Crippen LogP contribution in [-0.4, -0.2) is 82.0 Å². The van der Waals surface area contributed by atoms with Crippen LogP contribution >= 0.6 is 0 Å². The molecule has 1 aliphatic heterocycles. The van der Waals surface area contributed by atoms with Gasteiger partial charge in [-0.3, -0.25) is 9.67 Å². The highest BCUT2D eigenvalue weighted by Gasteiger charge is 2.44. The number of aliphatic hydroxyl groups is 3. The summed E-state index contributed by atoms with van der Waals surface area (Å²) in [5, 5.41) is 40.2. The Morgan fingerprint density at radius 2 is 2.00 bits per heavy atom. The Bertz CT molecular complexity index is 1460. The lowest BCUT2D eigenvalue weighted by Crippen LogP contribution is -2.33. The molecule has 6 rings (SSSR count). The van der Waals surface area contributed by atoms with Gasteiger partial charge in [-0.25, -0.2) is 19.9 Å². The Kier molecular flexibility index (Phi) is 4.77. The van der Waals surface area contributed by atoms with Gasteiger partial charge in [-0.15, -0.1) is 0 Å². The number of nitrogens with zero attached hydrogens (tertiary/aromatic N) is 6. The van der Waals surface area contributed by atoms with Crippen molar-refractivity contribution in [2.75, 3.05) is 19.0 Å². The maximum atomic E-state index is 10.5. The van der Waals surface area contributed by atoms with Gasteiger partial charge in [0.25, 0.3) is 0 Å². The minimum absolute atomic E-state index is 0.278. The molecule has 174 valence electrons. The minimum Gasteiger partial charge on any atom is -0.436 e. The first-order valence-electron chi connectivity index (χ1n) is 10.5. The maximum absolute atomic E-state index is 10.5. The molecule has 13 heteroatoms. The first-order valence-corrected chi connectivity index (χ1v) is 10.5. The van der Waals surface area contributed by atoms with Crippen LogP contribution in [0.1, 0.15) is 6.23 Å². The van der Waals surface area contributed by atoms with Crippen molar-refractivity contribution in [1.82, 2.24) is 34.7 Å². The number of hydrogen-bond acceptors (Lipinski definition) is 11. The number of para-hydroxylation sites is 2. The molecule has 0 radical (unpaired) electrons. The fourth-order valence-corrected chi connectivity index (χ4v) is 4.10. The molecule has 1 aliphatic rings. The molecule has 1 fully saturated rings. The van der Waals surface area contributed by atoms with Gasteiger partial charge in [-0.1, -0.05) is 12.1 Å². The molecule has 0 spiro atoms. The minimum atomic E-state index is -1.28. The van der Waals surface area contributed by atoms with Gasteiger partial charge in [0.15, 0.2) is 34.6 Å². The number of imidazole rings is 1. The molecule has 0 aliphatic carbocycles. The lowest BCUT2D eigenvalue weighted by atomic mass is 10.1. The largest absolute Gasteiger partial charge is 0.436 e. The highest BCUT2D eigenvalue weighted by atomic mass is 16.6. The zero-order chi connectivity index (χ0) is 23.4. The molecule has 0 bridgehead atoms. The van der Waals surface area contributed by atoms with Crippen LogP contribution in [0, 0.1) is 0 Å². The third kappa shape index (κ3) is 3.06. The number of aromatic amines is 1. The van der Waals surface area contributed by atoms with E-state index in [0.29, 0.717) is 45.2 Å². The van der Waals surface area contributed by atoms with Gasteiger partial charge in [0.05, 0.1) is 24.7 Å². The number of aliphatic hydroxyl groups excluding tert-OH is 3. The summed E-state index contributed by atoms with van der Waals surface area (Å²) < 4.78 is 13.1. The fourth-order valence-electron chi connectivity index (χ4n) is 4.10. The first kappa shape index (κ1) is 20.7. The summed E-state index contributed by atoms with van der Waals surface area (Å²) in [6.07, 6.45) is -1.44. The van der Waals surface area contributed by atoms with Crippen LogP contribution in [0.2, 0.25) is 0 Å². The molecular formula is C21H20N8O5. The topological polar surface area (TPSA) is 180 Å². The summed E-state index contributed by atoms with van der Waals surface area (Å²) in [6, 6.07) is 7.42. The van der Waals surface area contributed by atoms with Crippen LogP contribution < -0.4 is 5.32 Å². The number of hydrogen-bond donors (Lipinski definition) is 5. The average Bonchev–Trinajstić information content (AvgIpc) is 3.64. The molecule has 0 saturated carbocycles. The van der Waals surface area contributed by atoms with Crippen molar-refractivity contribution in [3.05, 3.63) is 36.8 Å². The number of aromatic nitrogens is 7. The summed E-state index contributed by atoms with van der Waals surface area (Å²) in [5.41, 5.74) is 3.17. The van der Waals surface area contributed by atoms with Crippen molar-refractivity contribution in [2.24, 2.45) is 0 Å². The van der Waals surface area contributed by atoms with Crippen molar-refractivity contribution in [2.45, 2.75) is 24.5 Å². The molecule has 0 unspecified atom stereocenters. The van der Waals surface area contributed by atoms with E-state index in [9.17, 15) is 15.3 Å². The molecule has 5 aromatic rings. The van der Waals surface area contributed by atoms with Crippen LogP contribution in [-0.2, 0) is 4.74 Å². The van der Waals surface area contributed by atoms with E-state index in [0.717, 1.165) is 0 Å². The molecule has 0 amide bonds. The van der Waals surface area contributed by atoms with E-state index in [1.54, 1.807) is 13.2 Å². The number of benzene rings is 1. The van der Waals surface area contributed by atoms with Crippen molar-refractivity contribution < 1.29 is 24.5 Å². The molecule has 1 saturated heterocycles. The van der Waals surface area contributed by atoms with E-state index in [4.69, 9.17) is 9.15 Å². The molecule has 4 atom stereocenters. The molecular weight excluding hydrogens is 444 g/mol.